The highest BCUT2D eigenvalue weighted by Gasteiger charge is 2.01. The van der Waals surface area contributed by atoms with Gasteiger partial charge in [-0.3, -0.25) is 0 Å². The van der Waals surface area contributed by atoms with Crippen LogP contribution in [0.1, 0.15) is 17.4 Å². The molecule has 2 aromatic heterocycles. The molecule has 0 aliphatic rings. The molecule has 0 aromatic carbocycles. The van der Waals surface area contributed by atoms with E-state index in [1.165, 1.54) is 10.4 Å². The number of thiophene rings is 1. The van der Waals surface area contributed by atoms with Crippen molar-refractivity contribution in [3.8, 4) is 0 Å². The highest BCUT2D eigenvalue weighted by atomic mass is 32.1. The molecule has 0 radical (unpaired) electrons. The molecule has 5 heteroatoms. The van der Waals surface area contributed by atoms with Crippen LogP contribution >= 0.6 is 11.3 Å². The molecule has 0 aliphatic heterocycles. The third-order valence-electron chi connectivity index (χ3n) is 2.65. The number of aromatic nitrogens is 2. The largest absolute Gasteiger partial charge is 0.370 e. The number of hydrogen-bond donors (Lipinski definition) is 2. The van der Waals surface area contributed by atoms with Gasteiger partial charge in [-0.1, -0.05) is 0 Å². The SMILES string of the molecule is CCNc1cc(NCCc2sccc2C)ncn1. The normalized spacial score (nSPS) is 10.3. The molecule has 0 atom stereocenters. The standard InChI is InChI=1S/C13H18N4S/c1-3-14-12-8-13(17-9-16-12)15-6-4-11-10(2)5-7-18-11/h5,7-9H,3-4,6H2,1-2H3,(H2,14,15,16,17). The highest BCUT2D eigenvalue weighted by molar-refractivity contribution is 7.10. The molecule has 0 saturated carbocycles. The van der Waals surface area contributed by atoms with Crippen molar-refractivity contribution in [2.24, 2.45) is 0 Å². The van der Waals surface area contributed by atoms with E-state index < -0.39 is 0 Å². The summed E-state index contributed by atoms with van der Waals surface area (Å²) in [6.07, 6.45) is 2.61. The van der Waals surface area contributed by atoms with Crippen molar-refractivity contribution >= 4 is 23.0 Å². The minimum absolute atomic E-state index is 0.863. The molecule has 18 heavy (non-hydrogen) atoms. The van der Waals surface area contributed by atoms with Crippen LogP contribution in [0.5, 0.6) is 0 Å². The van der Waals surface area contributed by atoms with E-state index >= 15 is 0 Å². The van der Waals surface area contributed by atoms with E-state index in [1.807, 2.05) is 17.4 Å². The fourth-order valence-corrected chi connectivity index (χ4v) is 2.61. The Balaban J connectivity index is 1.86. The lowest BCUT2D eigenvalue weighted by Crippen LogP contribution is -2.07. The molecule has 0 fully saturated rings. The summed E-state index contributed by atoms with van der Waals surface area (Å²) in [7, 11) is 0. The summed E-state index contributed by atoms with van der Waals surface area (Å²) in [6, 6.07) is 4.10. The van der Waals surface area contributed by atoms with Gasteiger partial charge in [-0.25, -0.2) is 9.97 Å². The van der Waals surface area contributed by atoms with Gasteiger partial charge in [0.15, 0.2) is 0 Å². The van der Waals surface area contributed by atoms with Crippen LogP contribution in [0.4, 0.5) is 11.6 Å². The molecule has 96 valence electrons. The molecule has 0 amide bonds. The molecule has 0 spiro atoms. The molecule has 0 bridgehead atoms. The second kappa shape index (κ2) is 6.35. The van der Waals surface area contributed by atoms with E-state index in [0.29, 0.717) is 0 Å². The molecule has 4 nitrogen and oxygen atoms in total. The van der Waals surface area contributed by atoms with E-state index in [9.17, 15) is 0 Å². The van der Waals surface area contributed by atoms with E-state index in [0.717, 1.165) is 31.1 Å². The van der Waals surface area contributed by atoms with Gasteiger partial charge in [0.25, 0.3) is 0 Å². The van der Waals surface area contributed by atoms with Crippen LogP contribution in [0.3, 0.4) is 0 Å². The van der Waals surface area contributed by atoms with E-state index in [1.54, 1.807) is 6.33 Å². The Morgan fingerprint density at radius 1 is 1.22 bits per heavy atom. The van der Waals surface area contributed by atoms with Crippen molar-refractivity contribution in [2.45, 2.75) is 20.3 Å². The molecular weight excluding hydrogens is 244 g/mol. The summed E-state index contributed by atoms with van der Waals surface area (Å²) in [5.74, 6) is 1.73. The topological polar surface area (TPSA) is 49.8 Å². The molecule has 0 unspecified atom stereocenters. The highest BCUT2D eigenvalue weighted by Crippen LogP contribution is 2.16. The molecule has 2 N–H and O–H groups in total. The van der Waals surface area contributed by atoms with Gasteiger partial charge >= 0.3 is 0 Å². The fourth-order valence-electron chi connectivity index (χ4n) is 1.70. The maximum absolute atomic E-state index is 4.20. The quantitative estimate of drug-likeness (QED) is 0.840. The first-order chi connectivity index (χ1) is 8.79. The Morgan fingerprint density at radius 2 is 2.00 bits per heavy atom. The van der Waals surface area contributed by atoms with Gasteiger partial charge in [0.1, 0.15) is 18.0 Å². The predicted molar refractivity (Wildman–Crippen MR) is 77.4 cm³/mol. The molecule has 2 aromatic rings. The number of hydrogen-bond acceptors (Lipinski definition) is 5. The lowest BCUT2D eigenvalue weighted by atomic mass is 10.2. The smallest absolute Gasteiger partial charge is 0.131 e. The van der Waals surface area contributed by atoms with Gasteiger partial charge in [0.05, 0.1) is 0 Å². The Bertz CT molecular complexity index is 495. The molecular formula is C13H18N4S. The molecule has 0 aliphatic carbocycles. The van der Waals surface area contributed by atoms with Gasteiger partial charge in [0, 0.05) is 24.0 Å². The zero-order valence-electron chi connectivity index (χ0n) is 10.7. The summed E-state index contributed by atoms with van der Waals surface area (Å²) in [6.45, 7) is 5.96. The lowest BCUT2D eigenvalue weighted by molar-refractivity contribution is 1.01. The first-order valence-corrected chi connectivity index (χ1v) is 7.00. The number of rotatable bonds is 6. The maximum Gasteiger partial charge on any atom is 0.131 e. The second-order valence-corrected chi connectivity index (χ2v) is 5.02. The van der Waals surface area contributed by atoms with Crippen LogP contribution in [-0.2, 0) is 6.42 Å². The third-order valence-corrected chi connectivity index (χ3v) is 3.73. The van der Waals surface area contributed by atoms with Crippen molar-refractivity contribution in [1.82, 2.24) is 9.97 Å². The first kappa shape index (κ1) is 12.8. The van der Waals surface area contributed by atoms with Gasteiger partial charge in [-0.2, -0.15) is 0 Å². The van der Waals surface area contributed by atoms with Gasteiger partial charge in [-0.15, -0.1) is 11.3 Å². The number of nitrogens with zero attached hydrogens (tertiary/aromatic N) is 2. The van der Waals surface area contributed by atoms with Crippen LogP contribution < -0.4 is 10.6 Å². The van der Waals surface area contributed by atoms with E-state index in [2.05, 4.69) is 45.9 Å². The van der Waals surface area contributed by atoms with Crippen LogP contribution in [0.2, 0.25) is 0 Å². The minimum atomic E-state index is 0.863. The Labute approximate surface area is 111 Å². The van der Waals surface area contributed by atoms with Gasteiger partial charge in [0.2, 0.25) is 0 Å². The summed E-state index contributed by atoms with van der Waals surface area (Å²) in [5, 5.41) is 8.63. The first-order valence-electron chi connectivity index (χ1n) is 6.12. The van der Waals surface area contributed by atoms with Crippen molar-refractivity contribution in [1.29, 1.82) is 0 Å². The zero-order chi connectivity index (χ0) is 12.8. The molecule has 2 heterocycles. The van der Waals surface area contributed by atoms with Crippen molar-refractivity contribution in [3.05, 3.63) is 34.3 Å². The number of anilines is 2. The number of nitrogens with one attached hydrogen (secondary N) is 2. The van der Waals surface area contributed by atoms with Crippen LogP contribution in [0.25, 0.3) is 0 Å². The summed E-state index contributed by atoms with van der Waals surface area (Å²) >= 11 is 1.81. The van der Waals surface area contributed by atoms with Crippen molar-refractivity contribution < 1.29 is 0 Å². The van der Waals surface area contributed by atoms with E-state index in [4.69, 9.17) is 0 Å². The second-order valence-electron chi connectivity index (χ2n) is 4.02. The van der Waals surface area contributed by atoms with Crippen molar-refractivity contribution in [2.75, 3.05) is 23.7 Å². The van der Waals surface area contributed by atoms with Gasteiger partial charge in [-0.05, 0) is 37.3 Å². The summed E-state index contributed by atoms with van der Waals surface area (Å²) in [4.78, 5) is 9.78. The Morgan fingerprint density at radius 3 is 2.67 bits per heavy atom. The summed E-state index contributed by atoms with van der Waals surface area (Å²) < 4.78 is 0. The molecule has 0 saturated heterocycles. The van der Waals surface area contributed by atoms with Gasteiger partial charge < -0.3 is 10.6 Å². The predicted octanol–water partition coefficient (Wildman–Crippen LogP) is 2.93. The zero-order valence-corrected chi connectivity index (χ0v) is 11.5. The Kier molecular flexibility index (Phi) is 4.52. The monoisotopic (exact) mass is 262 g/mol. The van der Waals surface area contributed by atoms with E-state index in [-0.39, 0.29) is 0 Å². The average Bonchev–Trinajstić information content (AvgIpc) is 2.76. The van der Waals surface area contributed by atoms with Crippen LogP contribution in [-0.4, -0.2) is 23.1 Å². The maximum atomic E-state index is 4.20. The lowest BCUT2D eigenvalue weighted by Gasteiger charge is -2.07. The van der Waals surface area contributed by atoms with Crippen LogP contribution in [0.15, 0.2) is 23.8 Å². The van der Waals surface area contributed by atoms with Crippen LogP contribution in [0, 0.1) is 6.92 Å². The third kappa shape index (κ3) is 3.43. The van der Waals surface area contributed by atoms with Crippen molar-refractivity contribution in [3.63, 3.8) is 0 Å². The summed E-state index contributed by atoms with van der Waals surface area (Å²) in [5.41, 5.74) is 1.37. The molecule has 2 rings (SSSR count). The average molecular weight is 262 g/mol. The Hall–Kier alpha value is -1.62. The minimum Gasteiger partial charge on any atom is -0.370 e. The fraction of sp³-hybridized carbons (Fsp3) is 0.385. The number of aryl methyl sites for hydroxylation is 1.